The number of hydrogen-bond acceptors (Lipinski definition) is 5. The molecule has 7 nitrogen and oxygen atoms in total. The summed E-state index contributed by atoms with van der Waals surface area (Å²) in [6, 6.07) is 13.5. The van der Waals surface area contributed by atoms with Crippen molar-refractivity contribution in [3.8, 4) is 6.07 Å². The Kier molecular flexibility index (Phi) is 4.59. The van der Waals surface area contributed by atoms with Gasteiger partial charge in [0.05, 0.1) is 16.5 Å². The summed E-state index contributed by atoms with van der Waals surface area (Å²) in [5.74, 6) is -0.239. The van der Waals surface area contributed by atoms with Gasteiger partial charge in [-0.25, -0.2) is 0 Å². The van der Waals surface area contributed by atoms with Gasteiger partial charge in [0.1, 0.15) is 5.82 Å². The minimum Gasteiger partial charge on any atom is -0.321 e. The summed E-state index contributed by atoms with van der Waals surface area (Å²) in [5, 5.41) is 20.1. The SMILES string of the molecule is Cn1nc(C(=O)Nc2ccc(C#N)cc2)cc1NC(=O)c1cccs1. The molecule has 2 amide bonds. The lowest BCUT2D eigenvalue weighted by molar-refractivity contribution is 0.101. The van der Waals surface area contributed by atoms with Crippen molar-refractivity contribution in [1.29, 1.82) is 5.26 Å². The number of anilines is 2. The standard InChI is InChI=1S/C17H13N5O2S/c1-22-15(20-17(24)14-3-2-8-25-14)9-13(21-22)16(23)19-12-6-4-11(10-18)5-7-12/h2-9H,1H3,(H,19,23)(H,20,24). The summed E-state index contributed by atoms with van der Waals surface area (Å²) in [6.45, 7) is 0. The number of hydrogen-bond donors (Lipinski definition) is 2. The van der Waals surface area contributed by atoms with E-state index in [-0.39, 0.29) is 11.6 Å². The molecular weight excluding hydrogens is 338 g/mol. The Bertz CT molecular complexity index is 952. The van der Waals surface area contributed by atoms with Crippen LogP contribution in [0.4, 0.5) is 11.5 Å². The first kappa shape index (κ1) is 16.4. The fraction of sp³-hybridized carbons (Fsp3) is 0.0588. The number of carbonyl (C=O) groups excluding carboxylic acids is 2. The number of nitrogens with zero attached hydrogens (tertiary/aromatic N) is 3. The number of amides is 2. The van der Waals surface area contributed by atoms with Crippen molar-refractivity contribution in [3.05, 3.63) is 64.0 Å². The van der Waals surface area contributed by atoms with Crippen molar-refractivity contribution in [2.45, 2.75) is 0 Å². The van der Waals surface area contributed by atoms with Crippen LogP contribution in [0.15, 0.2) is 47.8 Å². The summed E-state index contributed by atoms with van der Waals surface area (Å²) >= 11 is 1.33. The van der Waals surface area contributed by atoms with Crippen molar-refractivity contribution in [1.82, 2.24) is 9.78 Å². The molecule has 0 aliphatic rings. The van der Waals surface area contributed by atoms with E-state index < -0.39 is 5.91 Å². The Morgan fingerprint density at radius 1 is 1.16 bits per heavy atom. The molecular formula is C17H13N5O2S. The number of benzene rings is 1. The molecule has 0 radical (unpaired) electrons. The highest BCUT2D eigenvalue weighted by atomic mass is 32.1. The third-order valence-electron chi connectivity index (χ3n) is 3.37. The Morgan fingerprint density at radius 2 is 1.92 bits per heavy atom. The molecule has 3 aromatic rings. The molecule has 0 atom stereocenters. The van der Waals surface area contributed by atoms with Crippen LogP contribution in [0.5, 0.6) is 0 Å². The van der Waals surface area contributed by atoms with Crippen LogP contribution in [-0.4, -0.2) is 21.6 Å². The van der Waals surface area contributed by atoms with Crippen LogP contribution in [0.2, 0.25) is 0 Å². The van der Waals surface area contributed by atoms with E-state index in [1.165, 1.54) is 22.1 Å². The molecule has 0 unspecified atom stereocenters. The van der Waals surface area contributed by atoms with E-state index in [1.54, 1.807) is 43.4 Å². The molecule has 0 bridgehead atoms. The van der Waals surface area contributed by atoms with Crippen LogP contribution in [-0.2, 0) is 7.05 Å². The van der Waals surface area contributed by atoms with Gasteiger partial charge >= 0.3 is 0 Å². The molecule has 0 spiro atoms. The third kappa shape index (κ3) is 3.73. The molecule has 124 valence electrons. The monoisotopic (exact) mass is 351 g/mol. The number of nitrogens with one attached hydrogen (secondary N) is 2. The Hall–Kier alpha value is -3.44. The topological polar surface area (TPSA) is 99.8 Å². The van der Waals surface area contributed by atoms with Gasteiger partial charge in [-0.1, -0.05) is 6.07 Å². The fourth-order valence-electron chi connectivity index (χ4n) is 2.10. The molecule has 2 aromatic heterocycles. The second-order valence-corrected chi connectivity index (χ2v) is 6.06. The number of carbonyl (C=O) groups is 2. The molecule has 0 aliphatic heterocycles. The molecule has 0 saturated heterocycles. The maximum absolute atomic E-state index is 12.3. The van der Waals surface area contributed by atoms with Crippen LogP contribution in [0.25, 0.3) is 0 Å². The zero-order valence-corrected chi connectivity index (χ0v) is 14.0. The summed E-state index contributed by atoms with van der Waals surface area (Å²) in [4.78, 5) is 24.9. The summed E-state index contributed by atoms with van der Waals surface area (Å²) in [6.07, 6.45) is 0. The normalized spacial score (nSPS) is 10.1. The predicted octanol–water partition coefficient (Wildman–Crippen LogP) is 2.86. The second kappa shape index (κ2) is 6.98. The molecule has 2 heterocycles. The Balaban J connectivity index is 1.71. The van der Waals surface area contributed by atoms with Crippen LogP contribution in [0.3, 0.4) is 0 Å². The minimum absolute atomic E-state index is 0.174. The van der Waals surface area contributed by atoms with Gasteiger partial charge in [-0.3, -0.25) is 14.3 Å². The average Bonchev–Trinajstić information content (AvgIpc) is 3.26. The molecule has 0 saturated carbocycles. The quantitative estimate of drug-likeness (QED) is 0.755. The number of aryl methyl sites for hydroxylation is 1. The maximum atomic E-state index is 12.3. The maximum Gasteiger partial charge on any atom is 0.276 e. The fourth-order valence-corrected chi connectivity index (χ4v) is 2.72. The number of aromatic nitrogens is 2. The van der Waals surface area contributed by atoms with Crippen LogP contribution >= 0.6 is 11.3 Å². The van der Waals surface area contributed by atoms with Gasteiger partial charge in [-0.05, 0) is 35.7 Å². The first-order valence-corrected chi connectivity index (χ1v) is 8.15. The minimum atomic E-state index is -0.406. The second-order valence-electron chi connectivity index (χ2n) is 5.11. The van der Waals surface area contributed by atoms with Gasteiger partial charge in [0.2, 0.25) is 0 Å². The molecule has 8 heteroatoms. The van der Waals surface area contributed by atoms with Crippen molar-refractivity contribution < 1.29 is 9.59 Å². The van der Waals surface area contributed by atoms with Gasteiger partial charge in [-0.2, -0.15) is 10.4 Å². The van der Waals surface area contributed by atoms with Crippen molar-refractivity contribution >= 4 is 34.7 Å². The smallest absolute Gasteiger partial charge is 0.276 e. The third-order valence-corrected chi connectivity index (χ3v) is 4.24. The van der Waals surface area contributed by atoms with Crippen LogP contribution in [0, 0.1) is 11.3 Å². The summed E-state index contributed by atoms with van der Waals surface area (Å²) < 4.78 is 1.43. The highest BCUT2D eigenvalue weighted by molar-refractivity contribution is 7.12. The highest BCUT2D eigenvalue weighted by Gasteiger charge is 2.15. The zero-order chi connectivity index (χ0) is 17.8. The van der Waals surface area contributed by atoms with E-state index in [2.05, 4.69) is 15.7 Å². The van der Waals surface area contributed by atoms with Gasteiger partial charge in [0.25, 0.3) is 11.8 Å². The van der Waals surface area contributed by atoms with Crippen LogP contribution in [0.1, 0.15) is 25.7 Å². The largest absolute Gasteiger partial charge is 0.321 e. The van der Waals surface area contributed by atoms with E-state index in [0.717, 1.165) is 0 Å². The van der Waals surface area contributed by atoms with Gasteiger partial charge in [0, 0.05) is 18.8 Å². The van der Waals surface area contributed by atoms with Crippen LogP contribution < -0.4 is 10.6 Å². The van der Waals surface area contributed by atoms with E-state index in [9.17, 15) is 9.59 Å². The van der Waals surface area contributed by atoms with Gasteiger partial charge in [0.15, 0.2) is 5.69 Å². The number of nitriles is 1. The predicted molar refractivity (Wildman–Crippen MR) is 94.6 cm³/mol. The average molecular weight is 351 g/mol. The molecule has 25 heavy (non-hydrogen) atoms. The lowest BCUT2D eigenvalue weighted by atomic mass is 10.2. The lowest BCUT2D eigenvalue weighted by Gasteiger charge is -2.02. The molecule has 3 rings (SSSR count). The lowest BCUT2D eigenvalue weighted by Crippen LogP contribution is -2.13. The van der Waals surface area contributed by atoms with E-state index in [4.69, 9.17) is 5.26 Å². The first-order chi connectivity index (χ1) is 12.1. The molecule has 2 N–H and O–H groups in total. The Labute approximate surface area is 147 Å². The summed E-state index contributed by atoms with van der Waals surface area (Å²) in [7, 11) is 1.64. The Morgan fingerprint density at radius 3 is 2.56 bits per heavy atom. The van der Waals surface area contributed by atoms with Gasteiger partial charge in [-0.15, -0.1) is 11.3 Å². The molecule has 0 aliphatic carbocycles. The highest BCUT2D eigenvalue weighted by Crippen LogP contribution is 2.16. The van der Waals surface area contributed by atoms with E-state index >= 15 is 0 Å². The zero-order valence-electron chi connectivity index (χ0n) is 13.2. The first-order valence-electron chi connectivity index (χ1n) is 7.27. The van der Waals surface area contributed by atoms with Crippen molar-refractivity contribution in [3.63, 3.8) is 0 Å². The number of thiophene rings is 1. The molecule has 0 fully saturated rings. The summed E-state index contributed by atoms with van der Waals surface area (Å²) in [5.41, 5.74) is 1.24. The van der Waals surface area contributed by atoms with Crippen molar-refractivity contribution in [2.75, 3.05) is 10.6 Å². The van der Waals surface area contributed by atoms with E-state index in [1.807, 2.05) is 11.4 Å². The van der Waals surface area contributed by atoms with E-state index in [0.29, 0.717) is 21.9 Å². The molecule has 1 aromatic carbocycles. The van der Waals surface area contributed by atoms with Gasteiger partial charge < -0.3 is 10.6 Å². The number of rotatable bonds is 4. The van der Waals surface area contributed by atoms with Crippen molar-refractivity contribution in [2.24, 2.45) is 7.05 Å².